The third-order valence-corrected chi connectivity index (χ3v) is 5.83. The number of hydrogen-bond donors (Lipinski definition) is 3. The first-order valence-corrected chi connectivity index (χ1v) is 11.7. The number of carbonyl (C=O) groups excluding carboxylic acids is 1. The number of rotatable bonds is 9. The number of aromatic amines is 1. The number of H-pyrrole nitrogens is 1. The van der Waals surface area contributed by atoms with Crippen molar-refractivity contribution in [2.24, 2.45) is 0 Å². The van der Waals surface area contributed by atoms with Gasteiger partial charge < -0.3 is 15.6 Å². The largest absolute Gasteiger partial charge is 0.351 e. The number of nitrogens with zero attached hydrogens (tertiary/aromatic N) is 3. The van der Waals surface area contributed by atoms with Crippen molar-refractivity contribution in [1.29, 1.82) is 0 Å². The van der Waals surface area contributed by atoms with Crippen LogP contribution in [0.5, 0.6) is 0 Å². The van der Waals surface area contributed by atoms with Gasteiger partial charge in [-0.05, 0) is 58.0 Å². The molecule has 0 spiro atoms. The fourth-order valence-electron chi connectivity index (χ4n) is 4.16. The van der Waals surface area contributed by atoms with Crippen LogP contribution in [-0.2, 0) is 0 Å². The molecule has 0 bridgehead atoms. The average molecular weight is 457 g/mol. The lowest BCUT2D eigenvalue weighted by Gasteiger charge is -2.30. The van der Waals surface area contributed by atoms with Crippen LogP contribution in [-0.4, -0.2) is 50.9 Å². The first kappa shape index (κ1) is 23.4. The van der Waals surface area contributed by atoms with Gasteiger partial charge in [-0.3, -0.25) is 9.69 Å². The first-order chi connectivity index (χ1) is 16.4. The molecule has 3 N–H and O–H groups in total. The summed E-state index contributed by atoms with van der Waals surface area (Å²) in [5.74, 6) is 0.422. The summed E-state index contributed by atoms with van der Waals surface area (Å²) >= 11 is 0. The first-order valence-electron chi connectivity index (χ1n) is 11.7. The Morgan fingerprint density at radius 1 is 1.00 bits per heavy atom. The van der Waals surface area contributed by atoms with Gasteiger partial charge in [-0.2, -0.15) is 0 Å². The number of amides is 1. The second-order valence-electron chi connectivity index (χ2n) is 8.92. The van der Waals surface area contributed by atoms with E-state index in [9.17, 15) is 4.79 Å². The van der Waals surface area contributed by atoms with Crippen LogP contribution in [0.15, 0.2) is 66.9 Å². The van der Waals surface area contributed by atoms with Gasteiger partial charge in [0.15, 0.2) is 0 Å². The lowest BCUT2D eigenvalue weighted by atomic mass is 10.1. The van der Waals surface area contributed by atoms with Gasteiger partial charge in [0.1, 0.15) is 5.69 Å². The molecule has 176 valence electrons. The zero-order valence-corrected chi connectivity index (χ0v) is 20.2. The number of fused-ring (bicyclic) bond motifs is 1. The maximum absolute atomic E-state index is 12.7. The van der Waals surface area contributed by atoms with Crippen LogP contribution in [0.3, 0.4) is 0 Å². The van der Waals surface area contributed by atoms with E-state index in [-0.39, 0.29) is 5.91 Å². The van der Waals surface area contributed by atoms with E-state index >= 15 is 0 Å². The van der Waals surface area contributed by atoms with Crippen molar-refractivity contribution in [3.63, 3.8) is 0 Å². The summed E-state index contributed by atoms with van der Waals surface area (Å²) in [7, 11) is 0. The highest BCUT2D eigenvalue weighted by molar-refractivity contribution is 5.98. The third-order valence-electron chi connectivity index (χ3n) is 5.83. The van der Waals surface area contributed by atoms with Crippen molar-refractivity contribution in [1.82, 2.24) is 25.2 Å². The van der Waals surface area contributed by atoms with Crippen LogP contribution in [0.2, 0.25) is 0 Å². The predicted molar refractivity (Wildman–Crippen MR) is 138 cm³/mol. The highest BCUT2D eigenvalue weighted by Gasteiger charge is 2.14. The van der Waals surface area contributed by atoms with Gasteiger partial charge >= 0.3 is 0 Å². The Labute approximate surface area is 200 Å². The lowest BCUT2D eigenvalue weighted by molar-refractivity contribution is 0.0935. The van der Waals surface area contributed by atoms with Gasteiger partial charge in [0.25, 0.3) is 5.91 Å². The Balaban J connectivity index is 1.43. The van der Waals surface area contributed by atoms with Gasteiger partial charge in [0.2, 0.25) is 5.95 Å². The number of hydrogen-bond acceptors (Lipinski definition) is 5. The predicted octanol–water partition coefficient (Wildman–Crippen LogP) is 5.22. The minimum atomic E-state index is -0.0999. The van der Waals surface area contributed by atoms with Gasteiger partial charge in [-0.15, -0.1) is 0 Å². The highest BCUT2D eigenvalue weighted by atomic mass is 16.1. The van der Waals surface area contributed by atoms with Crippen molar-refractivity contribution in [3.05, 3.63) is 72.6 Å². The van der Waals surface area contributed by atoms with E-state index in [2.05, 4.69) is 58.2 Å². The van der Waals surface area contributed by atoms with Gasteiger partial charge in [0.05, 0.1) is 5.69 Å². The second kappa shape index (κ2) is 10.5. The molecule has 4 aromatic rings. The van der Waals surface area contributed by atoms with Crippen LogP contribution in [0.1, 0.15) is 38.2 Å². The van der Waals surface area contributed by atoms with Crippen LogP contribution >= 0.6 is 0 Å². The molecule has 4 rings (SSSR count). The van der Waals surface area contributed by atoms with Crippen molar-refractivity contribution < 1.29 is 4.79 Å². The fraction of sp³-hybridized carbons (Fsp3) is 0.296. The monoisotopic (exact) mass is 456 g/mol. The molecule has 0 fully saturated rings. The molecule has 0 unspecified atom stereocenters. The fourth-order valence-corrected chi connectivity index (χ4v) is 4.16. The van der Waals surface area contributed by atoms with Crippen LogP contribution in [0, 0.1) is 0 Å². The van der Waals surface area contributed by atoms with E-state index in [1.165, 1.54) is 0 Å². The number of nitrogens with one attached hydrogen (secondary N) is 3. The summed E-state index contributed by atoms with van der Waals surface area (Å²) in [6, 6.07) is 20.5. The standard InChI is InChI=1S/C27H32N6O/c1-18(2)33(19(3)4)15-14-28-26(34)25-17-21-16-22(10-11-23(21)31-25)30-27-29-13-12-24(32-27)20-8-6-5-7-9-20/h5-13,16-19,31H,14-15H2,1-4H3,(H,28,34)(H,29,30,32). The summed E-state index contributed by atoms with van der Waals surface area (Å²) in [6.45, 7) is 10.1. The summed E-state index contributed by atoms with van der Waals surface area (Å²) in [5.41, 5.74) is 4.20. The number of benzene rings is 2. The van der Waals surface area contributed by atoms with Crippen molar-refractivity contribution in [3.8, 4) is 11.3 Å². The summed E-state index contributed by atoms with van der Waals surface area (Å²) in [6.07, 6.45) is 1.74. The van der Waals surface area contributed by atoms with E-state index in [0.29, 0.717) is 30.3 Å². The molecule has 0 saturated carbocycles. The van der Waals surface area contributed by atoms with E-state index in [0.717, 1.165) is 34.4 Å². The van der Waals surface area contributed by atoms with Crippen molar-refractivity contribution in [2.45, 2.75) is 39.8 Å². The molecule has 0 radical (unpaired) electrons. The molecule has 1 amide bonds. The minimum absolute atomic E-state index is 0.0999. The molecule has 7 heteroatoms. The molecule has 0 atom stereocenters. The van der Waals surface area contributed by atoms with Crippen molar-refractivity contribution in [2.75, 3.05) is 18.4 Å². The second-order valence-corrected chi connectivity index (χ2v) is 8.92. The highest BCUT2D eigenvalue weighted by Crippen LogP contribution is 2.23. The zero-order valence-electron chi connectivity index (χ0n) is 20.2. The van der Waals surface area contributed by atoms with Crippen LogP contribution in [0.4, 0.5) is 11.6 Å². The topological polar surface area (TPSA) is 85.9 Å². The normalized spacial score (nSPS) is 11.5. The quantitative estimate of drug-likeness (QED) is 0.322. The van der Waals surface area contributed by atoms with Crippen LogP contribution < -0.4 is 10.6 Å². The molecule has 34 heavy (non-hydrogen) atoms. The Morgan fingerprint density at radius 3 is 2.50 bits per heavy atom. The molecule has 2 heterocycles. The smallest absolute Gasteiger partial charge is 0.267 e. The van der Waals surface area contributed by atoms with E-state index in [1.54, 1.807) is 6.20 Å². The Bertz CT molecular complexity index is 1240. The zero-order chi connectivity index (χ0) is 24.1. The Morgan fingerprint density at radius 2 is 1.76 bits per heavy atom. The van der Waals surface area contributed by atoms with Crippen molar-refractivity contribution >= 4 is 28.4 Å². The maximum Gasteiger partial charge on any atom is 0.267 e. The molecule has 7 nitrogen and oxygen atoms in total. The number of carbonyl (C=O) groups is 1. The maximum atomic E-state index is 12.7. The number of anilines is 2. The van der Waals surface area contributed by atoms with Gasteiger partial charge in [-0.25, -0.2) is 9.97 Å². The number of aromatic nitrogens is 3. The molecular weight excluding hydrogens is 424 g/mol. The summed E-state index contributed by atoms with van der Waals surface area (Å²) in [5, 5.41) is 7.24. The van der Waals surface area contributed by atoms with Crippen LogP contribution in [0.25, 0.3) is 22.2 Å². The molecule has 0 saturated heterocycles. The molecule has 2 aromatic carbocycles. The SMILES string of the molecule is CC(C)N(CCNC(=O)c1cc2cc(Nc3nccc(-c4ccccc4)n3)ccc2[nH]1)C(C)C. The molecule has 0 aliphatic carbocycles. The van der Waals surface area contributed by atoms with Gasteiger partial charge in [-0.1, -0.05) is 30.3 Å². The molecule has 0 aliphatic heterocycles. The summed E-state index contributed by atoms with van der Waals surface area (Å²) < 4.78 is 0. The average Bonchev–Trinajstić information content (AvgIpc) is 3.25. The molecule has 2 aromatic heterocycles. The molecule has 0 aliphatic rings. The van der Waals surface area contributed by atoms with E-state index in [4.69, 9.17) is 0 Å². The Kier molecular flexibility index (Phi) is 7.23. The lowest BCUT2D eigenvalue weighted by Crippen LogP contribution is -2.42. The molecular formula is C27H32N6O. The third kappa shape index (κ3) is 5.61. The van der Waals surface area contributed by atoms with E-state index in [1.807, 2.05) is 60.7 Å². The Hall–Kier alpha value is -3.71. The minimum Gasteiger partial charge on any atom is -0.351 e. The van der Waals surface area contributed by atoms with Gasteiger partial charge in [0, 0.05) is 53.5 Å². The van der Waals surface area contributed by atoms with E-state index < -0.39 is 0 Å². The summed E-state index contributed by atoms with van der Waals surface area (Å²) in [4.78, 5) is 27.2.